The smallest absolute Gasteiger partial charge is 0.338 e. The average molecular weight is 261 g/mol. The molecule has 2 unspecified atom stereocenters. The van der Waals surface area contributed by atoms with Crippen molar-refractivity contribution in [2.75, 3.05) is 6.54 Å². The highest BCUT2D eigenvalue weighted by Crippen LogP contribution is 2.26. The predicted molar refractivity (Wildman–Crippen MR) is 76.0 cm³/mol. The zero-order chi connectivity index (χ0) is 13.7. The van der Waals surface area contributed by atoms with Crippen LogP contribution in [0, 0.1) is 5.92 Å². The molecule has 2 N–H and O–H groups in total. The molecule has 0 aliphatic heterocycles. The first-order chi connectivity index (χ1) is 9.19. The van der Waals surface area contributed by atoms with Gasteiger partial charge in [0.25, 0.3) is 0 Å². The molecule has 0 amide bonds. The molecule has 0 heterocycles. The molecule has 2 atom stereocenters. The molecular weight excluding hydrogens is 238 g/mol. The summed E-state index contributed by atoms with van der Waals surface area (Å²) in [6.07, 6.45) is 5.29. The lowest BCUT2D eigenvalue weighted by Crippen LogP contribution is -2.24. The molecule has 0 bridgehead atoms. The zero-order valence-electron chi connectivity index (χ0n) is 11.6. The molecule has 3 nitrogen and oxygen atoms in total. The summed E-state index contributed by atoms with van der Waals surface area (Å²) in [6.45, 7) is 2.82. The molecule has 1 aliphatic rings. The monoisotopic (exact) mass is 261 g/mol. The second-order valence-electron chi connectivity index (χ2n) is 5.54. The molecular formula is C16H23NO2. The Morgan fingerprint density at radius 1 is 1.42 bits per heavy atom. The van der Waals surface area contributed by atoms with Crippen LogP contribution in [0.4, 0.5) is 0 Å². The van der Waals surface area contributed by atoms with Gasteiger partial charge in [-0.05, 0) is 55.8 Å². The van der Waals surface area contributed by atoms with Crippen molar-refractivity contribution in [1.82, 2.24) is 0 Å². The third kappa shape index (κ3) is 4.06. The van der Waals surface area contributed by atoms with Crippen molar-refractivity contribution in [1.29, 1.82) is 0 Å². The van der Waals surface area contributed by atoms with E-state index in [1.807, 2.05) is 24.3 Å². The lowest BCUT2D eigenvalue weighted by atomic mass is 9.89. The van der Waals surface area contributed by atoms with E-state index in [9.17, 15) is 4.79 Å². The number of carbonyl (C=O) groups excluding carboxylic acids is 1. The van der Waals surface area contributed by atoms with Gasteiger partial charge >= 0.3 is 5.97 Å². The van der Waals surface area contributed by atoms with Crippen molar-refractivity contribution < 1.29 is 9.53 Å². The van der Waals surface area contributed by atoms with Crippen molar-refractivity contribution in [3.05, 3.63) is 35.4 Å². The molecule has 0 spiro atoms. The van der Waals surface area contributed by atoms with Gasteiger partial charge in [0.1, 0.15) is 6.10 Å². The van der Waals surface area contributed by atoms with E-state index in [4.69, 9.17) is 10.5 Å². The Balaban J connectivity index is 1.97. The largest absolute Gasteiger partial charge is 0.459 e. The fourth-order valence-electron chi connectivity index (χ4n) is 2.73. The van der Waals surface area contributed by atoms with E-state index in [-0.39, 0.29) is 12.1 Å². The van der Waals surface area contributed by atoms with Gasteiger partial charge in [0, 0.05) is 0 Å². The van der Waals surface area contributed by atoms with E-state index in [1.54, 1.807) is 0 Å². The van der Waals surface area contributed by atoms with Crippen LogP contribution in [0.3, 0.4) is 0 Å². The fourth-order valence-corrected chi connectivity index (χ4v) is 2.73. The minimum Gasteiger partial charge on any atom is -0.459 e. The predicted octanol–water partition coefficient (Wildman–Crippen LogP) is 2.92. The third-order valence-electron chi connectivity index (χ3n) is 3.76. The highest BCUT2D eigenvalue weighted by atomic mass is 16.5. The first-order valence-corrected chi connectivity index (χ1v) is 7.19. The summed E-state index contributed by atoms with van der Waals surface area (Å²) in [4.78, 5) is 12.1. The van der Waals surface area contributed by atoms with E-state index in [1.165, 1.54) is 6.42 Å². The molecule has 1 fully saturated rings. The van der Waals surface area contributed by atoms with Crippen molar-refractivity contribution in [2.24, 2.45) is 11.7 Å². The number of hydrogen-bond donors (Lipinski definition) is 1. The third-order valence-corrected chi connectivity index (χ3v) is 3.76. The first kappa shape index (κ1) is 14.1. The van der Waals surface area contributed by atoms with E-state index in [0.717, 1.165) is 31.2 Å². The van der Waals surface area contributed by atoms with E-state index < -0.39 is 0 Å². The van der Waals surface area contributed by atoms with Gasteiger partial charge in [-0.3, -0.25) is 0 Å². The minimum atomic E-state index is -0.196. The summed E-state index contributed by atoms with van der Waals surface area (Å²) in [5, 5.41) is 0. The summed E-state index contributed by atoms with van der Waals surface area (Å²) in [5.74, 6) is 0.466. The SMILES string of the molecule is CC1CCCC(OC(=O)c2cccc(CCN)c2)C1. The van der Waals surface area contributed by atoms with Crippen LogP contribution in [0.25, 0.3) is 0 Å². The molecule has 2 rings (SSSR count). The van der Waals surface area contributed by atoms with Crippen LogP contribution >= 0.6 is 0 Å². The normalized spacial score (nSPS) is 23.1. The van der Waals surface area contributed by atoms with E-state index in [2.05, 4.69) is 6.92 Å². The van der Waals surface area contributed by atoms with Crippen LogP contribution in [0.15, 0.2) is 24.3 Å². The number of benzene rings is 1. The number of carbonyl (C=O) groups is 1. The lowest BCUT2D eigenvalue weighted by molar-refractivity contribution is 0.0155. The van der Waals surface area contributed by atoms with Crippen LogP contribution < -0.4 is 5.73 Å². The van der Waals surface area contributed by atoms with Gasteiger partial charge in [0.05, 0.1) is 5.56 Å². The fraction of sp³-hybridized carbons (Fsp3) is 0.562. The van der Waals surface area contributed by atoms with Crippen molar-refractivity contribution in [3.8, 4) is 0 Å². The van der Waals surface area contributed by atoms with Gasteiger partial charge in [-0.25, -0.2) is 4.79 Å². The highest BCUT2D eigenvalue weighted by molar-refractivity contribution is 5.89. The molecule has 1 aromatic carbocycles. The number of ether oxygens (including phenoxy) is 1. The number of nitrogens with two attached hydrogens (primary N) is 1. The van der Waals surface area contributed by atoms with E-state index in [0.29, 0.717) is 18.0 Å². The Labute approximate surface area is 115 Å². The first-order valence-electron chi connectivity index (χ1n) is 7.19. The molecule has 1 aromatic rings. The Morgan fingerprint density at radius 3 is 3.00 bits per heavy atom. The Hall–Kier alpha value is -1.35. The standard InChI is InChI=1S/C16H23NO2/c1-12-4-2-7-15(10-12)19-16(18)14-6-3-5-13(11-14)8-9-17/h3,5-6,11-12,15H,2,4,7-10,17H2,1H3. The molecule has 1 saturated carbocycles. The number of rotatable bonds is 4. The summed E-state index contributed by atoms with van der Waals surface area (Å²) < 4.78 is 5.61. The topological polar surface area (TPSA) is 52.3 Å². The number of hydrogen-bond acceptors (Lipinski definition) is 3. The molecule has 0 saturated heterocycles. The lowest BCUT2D eigenvalue weighted by Gasteiger charge is -2.26. The molecule has 3 heteroatoms. The van der Waals surface area contributed by atoms with Gasteiger partial charge < -0.3 is 10.5 Å². The maximum absolute atomic E-state index is 12.1. The molecule has 104 valence electrons. The van der Waals surface area contributed by atoms with Crippen LogP contribution in [-0.2, 0) is 11.2 Å². The minimum absolute atomic E-state index is 0.0921. The van der Waals surface area contributed by atoms with Gasteiger partial charge in [-0.15, -0.1) is 0 Å². The second kappa shape index (κ2) is 6.71. The van der Waals surface area contributed by atoms with Crippen molar-refractivity contribution in [2.45, 2.75) is 45.1 Å². The Bertz CT molecular complexity index is 431. The Morgan fingerprint density at radius 2 is 2.26 bits per heavy atom. The summed E-state index contributed by atoms with van der Waals surface area (Å²) in [6, 6.07) is 7.59. The zero-order valence-corrected chi connectivity index (χ0v) is 11.6. The summed E-state index contributed by atoms with van der Waals surface area (Å²) >= 11 is 0. The number of esters is 1. The second-order valence-corrected chi connectivity index (χ2v) is 5.54. The molecule has 19 heavy (non-hydrogen) atoms. The Kier molecular flexibility index (Phi) is 4.97. The quantitative estimate of drug-likeness (QED) is 0.848. The van der Waals surface area contributed by atoms with Gasteiger partial charge in [0.15, 0.2) is 0 Å². The van der Waals surface area contributed by atoms with Crippen LogP contribution in [-0.4, -0.2) is 18.6 Å². The average Bonchev–Trinajstić information content (AvgIpc) is 2.39. The van der Waals surface area contributed by atoms with Crippen molar-refractivity contribution in [3.63, 3.8) is 0 Å². The molecule has 0 radical (unpaired) electrons. The summed E-state index contributed by atoms with van der Waals surface area (Å²) in [5.41, 5.74) is 7.27. The maximum Gasteiger partial charge on any atom is 0.338 e. The van der Waals surface area contributed by atoms with Gasteiger partial charge in [-0.2, -0.15) is 0 Å². The van der Waals surface area contributed by atoms with Crippen LogP contribution in [0.2, 0.25) is 0 Å². The molecule has 1 aliphatic carbocycles. The highest BCUT2D eigenvalue weighted by Gasteiger charge is 2.22. The molecule has 0 aromatic heterocycles. The van der Waals surface area contributed by atoms with Crippen molar-refractivity contribution >= 4 is 5.97 Å². The van der Waals surface area contributed by atoms with Gasteiger partial charge in [-0.1, -0.05) is 25.5 Å². The van der Waals surface area contributed by atoms with E-state index >= 15 is 0 Å². The van der Waals surface area contributed by atoms with Crippen LogP contribution in [0.1, 0.15) is 48.5 Å². The summed E-state index contributed by atoms with van der Waals surface area (Å²) in [7, 11) is 0. The van der Waals surface area contributed by atoms with Gasteiger partial charge in [0.2, 0.25) is 0 Å². The maximum atomic E-state index is 12.1. The van der Waals surface area contributed by atoms with Crippen LogP contribution in [0.5, 0.6) is 0 Å².